The molecule has 28 heavy (non-hydrogen) atoms. The lowest BCUT2D eigenvalue weighted by atomic mass is 9.92. The van der Waals surface area contributed by atoms with Crippen molar-refractivity contribution in [1.29, 1.82) is 0 Å². The first kappa shape index (κ1) is 21.3. The lowest BCUT2D eigenvalue weighted by molar-refractivity contribution is -0.0471. The Labute approximate surface area is 162 Å². The number of ketones is 1. The van der Waals surface area contributed by atoms with Gasteiger partial charge in [0.25, 0.3) is 0 Å². The maximum Gasteiger partial charge on any atom is 0.193 e. The van der Waals surface area contributed by atoms with Crippen LogP contribution in [-0.2, 0) is 6.42 Å². The first-order chi connectivity index (χ1) is 13.0. The molecule has 0 fully saturated rings. The Morgan fingerprint density at radius 1 is 1.18 bits per heavy atom. The van der Waals surface area contributed by atoms with Crippen LogP contribution in [0.2, 0.25) is 0 Å². The Hall–Kier alpha value is -3.03. The molecule has 0 aromatic heterocycles. The topological polar surface area (TPSA) is 127 Å². The van der Waals surface area contributed by atoms with Gasteiger partial charge in [-0.3, -0.25) is 4.79 Å². The van der Waals surface area contributed by atoms with Gasteiger partial charge in [0.1, 0.15) is 17.1 Å². The number of aliphatic hydroxyl groups is 2. The smallest absolute Gasteiger partial charge is 0.193 e. The number of methoxy groups -OCH3 is 1. The second-order valence-corrected chi connectivity index (χ2v) is 6.97. The SMILES string of the molecule is COc1c(O)cc(CC(O)C(C)(C)O)c(O)c1C(=O)C=Cc1ccc(O)cc1. The standard InChI is InChI=1S/C21H24O7/c1-21(2,27)17(25)11-13-10-16(24)20(28-3)18(19(13)26)15(23)9-6-12-4-7-14(22)8-5-12/h4-10,17,22,24-27H,11H2,1-3H3. The molecule has 7 heteroatoms. The number of aliphatic hydroxyl groups excluding tert-OH is 1. The van der Waals surface area contributed by atoms with Gasteiger partial charge in [0.05, 0.1) is 18.8 Å². The number of carbonyl (C=O) groups excluding carboxylic acids is 1. The molecule has 0 bridgehead atoms. The Balaban J connectivity index is 2.43. The first-order valence-electron chi connectivity index (χ1n) is 8.58. The van der Waals surface area contributed by atoms with Crippen LogP contribution in [-0.4, -0.2) is 50.1 Å². The third-order valence-electron chi connectivity index (χ3n) is 4.31. The molecule has 0 amide bonds. The quantitative estimate of drug-likeness (QED) is 0.280. The highest BCUT2D eigenvalue weighted by atomic mass is 16.5. The van der Waals surface area contributed by atoms with Crippen molar-refractivity contribution >= 4 is 11.9 Å². The number of ether oxygens (including phenoxy) is 1. The van der Waals surface area contributed by atoms with Gasteiger partial charge in [0, 0.05) is 12.0 Å². The Morgan fingerprint density at radius 3 is 2.32 bits per heavy atom. The highest BCUT2D eigenvalue weighted by Gasteiger charge is 2.29. The number of allylic oxidation sites excluding steroid dienone is 1. The summed E-state index contributed by atoms with van der Waals surface area (Å²) in [5.74, 6) is -1.56. The maximum atomic E-state index is 12.7. The molecule has 0 radical (unpaired) electrons. The van der Waals surface area contributed by atoms with Gasteiger partial charge in [-0.15, -0.1) is 0 Å². The molecule has 0 heterocycles. The molecule has 0 spiro atoms. The molecule has 1 atom stereocenters. The molecule has 0 saturated heterocycles. The minimum Gasteiger partial charge on any atom is -0.508 e. The normalized spacial score (nSPS) is 12.9. The monoisotopic (exact) mass is 388 g/mol. The number of aromatic hydroxyl groups is 3. The fourth-order valence-corrected chi connectivity index (χ4v) is 2.58. The van der Waals surface area contributed by atoms with E-state index in [0.717, 1.165) is 0 Å². The van der Waals surface area contributed by atoms with E-state index in [1.165, 1.54) is 51.3 Å². The van der Waals surface area contributed by atoms with Gasteiger partial charge in [0.15, 0.2) is 17.3 Å². The molecule has 7 nitrogen and oxygen atoms in total. The van der Waals surface area contributed by atoms with Crippen LogP contribution in [0.4, 0.5) is 0 Å². The van der Waals surface area contributed by atoms with Crippen LogP contribution >= 0.6 is 0 Å². The molecule has 0 aliphatic heterocycles. The number of benzene rings is 2. The third-order valence-corrected chi connectivity index (χ3v) is 4.31. The van der Waals surface area contributed by atoms with Gasteiger partial charge in [-0.1, -0.05) is 18.2 Å². The highest BCUT2D eigenvalue weighted by molar-refractivity contribution is 6.11. The van der Waals surface area contributed by atoms with Gasteiger partial charge in [0.2, 0.25) is 0 Å². The van der Waals surface area contributed by atoms with Crippen LogP contribution in [0, 0.1) is 0 Å². The summed E-state index contributed by atoms with van der Waals surface area (Å²) < 4.78 is 5.06. The second kappa shape index (κ2) is 8.33. The average Bonchev–Trinajstić information content (AvgIpc) is 2.62. The van der Waals surface area contributed by atoms with Gasteiger partial charge < -0.3 is 30.3 Å². The molecular weight excluding hydrogens is 364 g/mol. The fourth-order valence-electron chi connectivity index (χ4n) is 2.58. The van der Waals surface area contributed by atoms with Crippen LogP contribution in [0.15, 0.2) is 36.4 Å². The largest absolute Gasteiger partial charge is 0.508 e. The predicted octanol–water partition coefficient (Wildman–Crippen LogP) is 2.38. The number of carbonyl (C=O) groups is 1. The van der Waals surface area contributed by atoms with E-state index in [1.54, 1.807) is 12.1 Å². The van der Waals surface area contributed by atoms with Crippen LogP contribution in [0.25, 0.3) is 6.08 Å². The zero-order valence-electron chi connectivity index (χ0n) is 15.9. The number of rotatable bonds is 7. The molecule has 1 unspecified atom stereocenters. The number of phenolic OH excluding ortho intramolecular Hbond substituents is 3. The predicted molar refractivity (Wildman–Crippen MR) is 104 cm³/mol. The van der Waals surface area contributed by atoms with E-state index in [-0.39, 0.29) is 34.8 Å². The van der Waals surface area contributed by atoms with E-state index in [0.29, 0.717) is 5.56 Å². The van der Waals surface area contributed by atoms with Crippen LogP contribution < -0.4 is 4.74 Å². The molecule has 0 aliphatic rings. The van der Waals surface area contributed by atoms with Crippen LogP contribution in [0.1, 0.15) is 35.3 Å². The summed E-state index contributed by atoms with van der Waals surface area (Å²) >= 11 is 0. The van der Waals surface area contributed by atoms with E-state index in [2.05, 4.69) is 0 Å². The first-order valence-corrected chi connectivity index (χ1v) is 8.58. The molecule has 0 saturated carbocycles. The van der Waals surface area contributed by atoms with Gasteiger partial charge in [-0.2, -0.15) is 0 Å². The van der Waals surface area contributed by atoms with E-state index < -0.39 is 23.2 Å². The molecule has 2 rings (SSSR count). The number of phenols is 3. The Bertz CT molecular complexity index is 877. The van der Waals surface area contributed by atoms with Crippen molar-refractivity contribution in [3.63, 3.8) is 0 Å². The average molecular weight is 388 g/mol. The van der Waals surface area contributed by atoms with Crippen LogP contribution in [0.3, 0.4) is 0 Å². The summed E-state index contributed by atoms with van der Waals surface area (Å²) in [4.78, 5) is 12.7. The van der Waals surface area contributed by atoms with E-state index in [9.17, 15) is 30.3 Å². The minimum atomic E-state index is -1.44. The van der Waals surface area contributed by atoms with Crippen molar-refractivity contribution in [3.8, 4) is 23.0 Å². The lowest BCUT2D eigenvalue weighted by Crippen LogP contribution is -2.37. The van der Waals surface area contributed by atoms with E-state index >= 15 is 0 Å². The summed E-state index contributed by atoms with van der Waals surface area (Å²) in [6.45, 7) is 2.81. The van der Waals surface area contributed by atoms with Crippen molar-refractivity contribution in [1.82, 2.24) is 0 Å². The second-order valence-electron chi connectivity index (χ2n) is 6.97. The Morgan fingerprint density at radius 2 is 1.79 bits per heavy atom. The van der Waals surface area contributed by atoms with Crippen molar-refractivity contribution in [2.75, 3.05) is 7.11 Å². The van der Waals surface area contributed by atoms with Crippen molar-refractivity contribution in [2.45, 2.75) is 32.0 Å². The van der Waals surface area contributed by atoms with Crippen molar-refractivity contribution in [2.24, 2.45) is 0 Å². The Kier molecular flexibility index (Phi) is 6.33. The zero-order chi connectivity index (χ0) is 21.1. The molecular formula is C21H24O7. The summed E-state index contributed by atoms with van der Waals surface area (Å²) in [6, 6.07) is 7.32. The van der Waals surface area contributed by atoms with Gasteiger partial charge >= 0.3 is 0 Å². The number of hydrogen-bond acceptors (Lipinski definition) is 7. The fraction of sp³-hybridized carbons (Fsp3) is 0.286. The zero-order valence-corrected chi connectivity index (χ0v) is 15.9. The third kappa shape index (κ3) is 4.82. The molecule has 2 aromatic rings. The summed E-state index contributed by atoms with van der Waals surface area (Å²) in [6.07, 6.45) is 1.26. The highest BCUT2D eigenvalue weighted by Crippen LogP contribution is 2.40. The number of hydrogen-bond donors (Lipinski definition) is 5. The van der Waals surface area contributed by atoms with Gasteiger partial charge in [-0.05, 0) is 43.7 Å². The minimum absolute atomic E-state index is 0.0887. The maximum absolute atomic E-state index is 12.7. The van der Waals surface area contributed by atoms with Crippen molar-refractivity contribution in [3.05, 3.63) is 53.1 Å². The van der Waals surface area contributed by atoms with E-state index in [4.69, 9.17) is 4.74 Å². The van der Waals surface area contributed by atoms with Gasteiger partial charge in [-0.25, -0.2) is 0 Å². The molecule has 5 N–H and O–H groups in total. The molecule has 2 aromatic carbocycles. The summed E-state index contributed by atoms with van der Waals surface area (Å²) in [5.41, 5.74) is -0.961. The summed E-state index contributed by atoms with van der Waals surface area (Å²) in [5, 5.41) is 50.1. The van der Waals surface area contributed by atoms with Crippen LogP contribution in [0.5, 0.6) is 23.0 Å². The van der Waals surface area contributed by atoms with Crippen molar-refractivity contribution < 1.29 is 35.1 Å². The lowest BCUT2D eigenvalue weighted by Gasteiger charge is -2.25. The molecule has 0 aliphatic carbocycles. The summed E-state index contributed by atoms with van der Waals surface area (Å²) in [7, 11) is 1.25. The van der Waals surface area contributed by atoms with E-state index in [1.807, 2.05) is 0 Å². The molecule has 150 valence electrons.